The Morgan fingerprint density at radius 3 is 2.89 bits per heavy atom. The van der Waals surface area contributed by atoms with Gasteiger partial charge in [-0.25, -0.2) is 13.1 Å². The van der Waals surface area contributed by atoms with E-state index < -0.39 is 10.0 Å². The molecule has 19 heavy (non-hydrogen) atoms. The summed E-state index contributed by atoms with van der Waals surface area (Å²) in [5.74, 6) is 0. The standard InChI is InChI=1S/C12H19N3O3S/c1-13-19(16,17)12-5-3-2-4-11(12)15-8-10-9-18-7-6-14-10/h2-5,10,13-15H,6-9H2,1H3. The molecular formula is C12H19N3O3S. The summed E-state index contributed by atoms with van der Waals surface area (Å²) in [6.07, 6.45) is 0. The molecule has 0 saturated carbocycles. The summed E-state index contributed by atoms with van der Waals surface area (Å²) in [5, 5.41) is 6.47. The van der Waals surface area contributed by atoms with Gasteiger partial charge in [-0.2, -0.15) is 0 Å². The second-order valence-electron chi connectivity index (χ2n) is 4.31. The smallest absolute Gasteiger partial charge is 0.242 e. The monoisotopic (exact) mass is 285 g/mol. The van der Waals surface area contributed by atoms with Crippen molar-refractivity contribution in [1.82, 2.24) is 10.0 Å². The SMILES string of the molecule is CNS(=O)(=O)c1ccccc1NCC1COCCN1. The Bertz CT molecular complexity index is 513. The molecule has 1 aliphatic heterocycles. The fraction of sp³-hybridized carbons (Fsp3) is 0.500. The third-order valence-electron chi connectivity index (χ3n) is 2.98. The van der Waals surface area contributed by atoms with Crippen molar-refractivity contribution in [2.75, 3.05) is 38.7 Å². The zero-order valence-corrected chi connectivity index (χ0v) is 11.7. The van der Waals surface area contributed by atoms with Gasteiger partial charge in [0.15, 0.2) is 0 Å². The van der Waals surface area contributed by atoms with Crippen molar-refractivity contribution >= 4 is 15.7 Å². The summed E-state index contributed by atoms with van der Waals surface area (Å²) in [4.78, 5) is 0.259. The topological polar surface area (TPSA) is 79.5 Å². The van der Waals surface area contributed by atoms with E-state index in [0.717, 1.165) is 13.2 Å². The number of morpholine rings is 1. The predicted octanol–water partition coefficient (Wildman–Crippen LogP) is -0.00500. The van der Waals surface area contributed by atoms with Crippen LogP contribution in [0.1, 0.15) is 0 Å². The molecule has 1 aliphatic rings. The Labute approximate surface area is 113 Å². The van der Waals surface area contributed by atoms with Gasteiger partial charge in [0.1, 0.15) is 4.90 Å². The molecule has 2 rings (SSSR count). The number of hydrogen-bond acceptors (Lipinski definition) is 5. The molecule has 1 fully saturated rings. The lowest BCUT2D eigenvalue weighted by atomic mass is 10.2. The molecule has 0 radical (unpaired) electrons. The fourth-order valence-corrected chi connectivity index (χ4v) is 2.85. The molecule has 0 amide bonds. The van der Waals surface area contributed by atoms with Crippen LogP contribution in [0, 0.1) is 0 Å². The molecule has 1 heterocycles. The van der Waals surface area contributed by atoms with Crippen LogP contribution in [0.3, 0.4) is 0 Å². The normalized spacial score (nSPS) is 20.2. The summed E-state index contributed by atoms with van der Waals surface area (Å²) in [5.41, 5.74) is 0.601. The van der Waals surface area contributed by atoms with E-state index in [0.29, 0.717) is 18.8 Å². The largest absolute Gasteiger partial charge is 0.382 e. The van der Waals surface area contributed by atoms with Gasteiger partial charge in [0.2, 0.25) is 10.0 Å². The lowest BCUT2D eigenvalue weighted by Gasteiger charge is -2.24. The zero-order chi connectivity index (χ0) is 13.7. The van der Waals surface area contributed by atoms with Crippen LogP contribution in [0.25, 0.3) is 0 Å². The molecule has 1 atom stereocenters. The van der Waals surface area contributed by atoms with Crippen LogP contribution in [0.5, 0.6) is 0 Å². The van der Waals surface area contributed by atoms with E-state index in [1.807, 2.05) is 6.07 Å². The minimum Gasteiger partial charge on any atom is -0.382 e. The number of hydrogen-bond donors (Lipinski definition) is 3. The quantitative estimate of drug-likeness (QED) is 0.709. The first-order chi connectivity index (χ1) is 9.13. The Morgan fingerprint density at radius 1 is 1.42 bits per heavy atom. The Morgan fingerprint density at radius 2 is 2.21 bits per heavy atom. The maximum Gasteiger partial charge on any atom is 0.242 e. The summed E-state index contributed by atoms with van der Waals surface area (Å²) in [7, 11) is -2.04. The maximum absolute atomic E-state index is 11.9. The summed E-state index contributed by atoms with van der Waals surface area (Å²) in [6, 6.07) is 7.05. The number of nitrogens with one attached hydrogen (secondary N) is 3. The van der Waals surface area contributed by atoms with Crippen molar-refractivity contribution in [2.24, 2.45) is 0 Å². The highest BCUT2D eigenvalue weighted by Gasteiger charge is 2.17. The van der Waals surface area contributed by atoms with Gasteiger partial charge in [-0.1, -0.05) is 12.1 Å². The molecule has 1 aromatic carbocycles. The van der Waals surface area contributed by atoms with E-state index >= 15 is 0 Å². The Kier molecular flexibility index (Phi) is 4.76. The van der Waals surface area contributed by atoms with E-state index in [-0.39, 0.29) is 10.9 Å². The third kappa shape index (κ3) is 3.66. The van der Waals surface area contributed by atoms with Gasteiger partial charge >= 0.3 is 0 Å². The lowest BCUT2D eigenvalue weighted by molar-refractivity contribution is 0.0806. The van der Waals surface area contributed by atoms with Crippen molar-refractivity contribution in [3.05, 3.63) is 24.3 Å². The van der Waals surface area contributed by atoms with Gasteiger partial charge in [-0.15, -0.1) is 0 Å². The minimum absolute atomic E-state index is 0.194. The number of anilines is 1. The predicted molar refractivity (Wildman–Crippen MR) is 73.8 cm³/mol. The average Bonchev–Trinajstić information content (AvgIpc) is 2.46. The van der Waals surface area contributed by atoms with E-state index in [1.165, 1.54) is 7.05 Å². The Balaban J connectivity index is 2.07. The molecule has 3 N–H and O–H groups in total. The Hall–Kier alpha value is -1.15. The van der Waals surface area contributed by atoms with Crippen molar-refractivity contribution in [2.45, 2.75) is 10.9 Å². The number of sulfonamides is 1. The molecule has 106 valence electrons. The molecule has 6 nitrogen and oxygen atoms in total. The molecule has 7 heteroatoms. The summed E-state index contributed by atoms with van der Waals surface area (Å²) in [6.45, 7) is 2.80. The number of rotatable bonds is 5. The molecule has 0 spiro atoms. The third-order valence-corrected chi connectivity index (χ3v) is 4.46. The van der Waals surface area contributed by atoms with Gasteiger partial charge in [0, 0.05) is 19.1 Å². The number of para-hydroxylation sites is 1. The second-order valence-corrected chi connectivity index (χ2v) is 6.17. The maximum atomic E-state index is 11.9. The number of benzene rings is 1. The van der Waals surface area contributed by atoms with Crippen LogP contribution in [0.15, 0.2) is 29.2 Å². The summed E-state index contributed by atoms with van der Waals surface area (Å²) < 4.78 is 31.4. The van der Waals surface area contributed by atoms with Crippen LogP contribution in [0.2, 0.25) is 0 Å². The highest BCUT2D eigenvalue weighted by molar-refractivity contribution is 7.89. The van der Waals surface area contributed by atoms with Crippen LogP contribution >= 0.6 is 0 Å². The molecule has 0 aromatic heterocycles. The van der Waals surface area contributed by atoms with Crippen LogP contribution < -0.4 is 15.4 Å². The van der Waals surface area contributed by atoms with Crippen molar-refractivity contribution < 1.29 is 13.2 Å². The average molecular weight is 285 g/mol. The van der Waals surface area contributed by atoms with Crippen LogP contribution in [-0.4, -0.2) is 47.8 Å². The molecule has 0 aliphatic carbocycles. The second kappa shape index (κ2) is 6.33. The highest BCUT2D eigenvalue weighted by atomic mass is 32.2. The lowest BCUT2D eigenvalue weighted by Crippen LogP contribution is -2.45. The van der Waals surface area contributed by atoms with Gasteiger partial charge in [-0.3, -0.25) is 0 Å². The van der Waals surface area contributed by atoms with Crippen molar-refractivity contribution in [3.63, 3.8) is 0 Å². The van der Waals surface area contributed by atoms with E-state index in [4.69, 9.17) is 4.74 Å². The van der Waals surface area contributed by atoms with Gasteiger partial charge in [0.05, 0.1) is 18.9 Å². The van der Waals surface area contributed by atoms with E-state index in [1.54, 1.807) is 18.2 Å². The first-order valence-electron chi connectivity index (χ1n) is 6.21. The molecule has 1 unspecified atom stereocenters. The molecular weight excluding hydrogens is 266 g/mol. The molecule has 0 bridgehead atoms. The molecule has 1 aromatic rings. The fourth-order valence-electron chi connectivity index (χ4n) is 1.94. The van der Waals surface area contributed by atoms with Gasteiger partial charge in [0.25, 0.3) is 0 Å². The molecule has 1 saturated heterocycles. The van der Waals surface area contributed by atoms with Crippen LogP contribution in [0.4, 0.5) is 5.69 Å². The van der Waals surface area contributed by atoms with Gasteiger partial charge in [-0.05, 0) is 19.2 Å². The number of ether oxygens (including phenoxy) is 1. The zero-order valence-electron chi connectivity index (χ0n) is 10.8. The van der Waals surface area contributed by atoms with Crippen molar-refractivity contribution in [1.29, 1.82) is 0 Å². The minimum atomic E-state index is -3.45. The highest BCUT2D eigenvalue weighted by Crippen LogP contribution is 2.20. The van der Waals surface area contributed by atoms with Crippen LogP contribution in [-0.2, 0) is 14.8 Å². The first kappa shape index (κ1) is 14.3. The van der Waals surface area contributed by atoms with E-state index in [9.17, 15) is 8.42 Å². The summed E-state index contributed by atoms with van der Waals surface area (Å²) >= 11 is 0. The van der Waals surface area contributed by atoms with Crippen molar-refractivity contribution in [3.8, 4) is 0 Å². The van der Waals surface area contributed by atoms with E-state index in [2.05, 4.69) is 15.4 Å². The van der Waals surface area contributed by atoms with Gasteiger partial charge < -0.3 is 15.4 Å². The first-order valence-corrected chi connectivity index (χ1v) is 7.69.